The van der Waals surface area contributed by atoms with Crippen LogP contribution in [0.4, 0.5) is 34.1 Å². The van der Waals surface area contributed by atoms with E-state index in [1.54, 1.807) is 0 Å². The van der Waals surface area contributed by atoms with Gasteiger partial charge in [-0.1, -0.05) is 133 Å². The fraction of sp³-hybridized carbons (Fsp3) is 0.0182. The van der Waals surface area contributed by atoms with Gasteiger partial charge in [-0.15, -0.1) is 0 Å². The highest BCUT2D eigenvalue weighted by Crippen LogP contribution is 2.62. The number of anilines is 6. The van der Waals surface area contributed by atoms with Gasteiger partial charge in [-0.2, -0.15) is 0 Å². The number of fused-ring (bicyclic) bond motifs is 12. The van der Waals surface area contributed by atoms with E-state index in [1.165, 1.54) is 22.3 Å². The van der Waals surface area contributed by atoms with Gasteiger partial charge in [-0.25, -0.2) is 0 Å². The molecule has 1 spiro atoms. The van der Waals surface area contributed by atoms with Crippen LogP contribution < -0.4 is 14.5 Å². The van der Waals surface area contributed by atoms with Crippen LogP contribution in [0.2, 0.25) is 0 Å². The summed E-state index contributed by atoms with van der Waals surface area (Å²) in [6.07, 6.45) is 0. The minimum Gasteiger partial charge on any atom is -0.457 e. The lowest BCUT2D eigenvalue weighted by atomic mass is 9.66. The van der Waals surface area contributed by atoms with E-state index in [9.17, 15) is 0 Å². The first-order chi connectivity index (χ1) is 29.3. The van der Waals surface area contributed by atoms with Crippen molar-refractivity contribution in [2.24, 2.45) is 0 Å². The standard InChI is InChI=1S/C55H36N2O2/c1-4-18-37(19-5-1)56(38-20-6-2-7-21-38)47-28-16-32-51-53(47)54-48(29-17-33-52(54)59-51)57(39-22-8-3-9-23-39)40-34-35-44-42(36-40)41-24-10-11-25-43(41)55(44)45-26-12-14-30-49(45)58-50-31-15-13-27-46(50)55/h1-36H. The Morgan fingerprint density at radius 2 is 0.763 bits per heavy atom. The number of nitrogens with zero attached hydrogens (tertiary/aromatic N) is 2. The molecular formula is C55H36N2O2. The summed E-state index contributed by atoms with van der Waals surface area (Å²) in [6, 6.07) is 77.6. The molecule has 1 aliphatic heterocycles. The Labute approximate surface area is 342 Å². The Morgan fingerprint density at radius 1 is 0.322 bits per heavy atom. The Hall–Kier alpha value is -7.82. The summed E-state index contributed by atoms with van der Waals surface area (Å²) in [5.74, 6) is 1.77. The maximum absolute atomic E-state index is 6.77. The summed E-state index contributed by atoms with van der Waals surface area (Å²) in [5.41, 5.74) is 14.7. The predicted molar refractivity (Wildman–Crippen MR) is 240 cm³/mol. The van der Waals surface area contributed by atoms with E-state index in [2.05, 4.69) is 228 Å². The van der Waals surface area contributed by atoms with Crippen molar-refractivity contribution in [3.05, 3.63) is 241 Å². The average molecular weight is 757 g/mol. The highest BCUT2D eigenvalue weighted by molar-refractivity contribution is 6.19. The zero-order chi connectivity index (χ0) is 38.9. The van der Waals surface area contributed by atoms with Crippen molar-refractivity contribution in [2.75, 3.05) is 9.80 Å². The van der Waals surface area contributed by atoms with Crippen molar-refractivity contribution >= 4 is 56.1 Å². The molecule has 0 fully saturated rings. The third-order valence-corrected chi connectivity index (χ3v) is 12.1. The summed E-state index contributed by atoms with van der Waals surface area (Å²) in [7, 11) is 0. The quantitative estimate of drug-likeness (QED) is 0.169. The van der Waals surface area contributed by atoms with Crippen LogP contribution in [0.3, 0.4) is 0 Å². The van der Waals surface area contributed by atoms with E-state index in [0.717, 1.165) is 78.7 Å². The lowest BCUT2D eigenvalue weighted by Gasteiger charge is -2.39. The number of rotatable bonds is 6. The molecule has 4 nitrogen and oxygen atoms in total. The van der Waals surface area contributed by atoms with Crippen LogP contribution in [0.15, 0.2) is 223 Å². The van der Waals surface area contributed by atoms with Crippen molar-refractivity contribution in [3.8, 4) is 22.6 Å². The summed E-state index contributed by atoms with van der Waals surface area (Å²) < 4.78 is 13.4. The average Bonchev–Trinajstić information content (AvgIpc) is 3.83. The second-order valence-electron chi connectivity index (χ2n) is 15.2. The lowest BCUT2D eigenvalue weighted by molar-refractivity contribution is 0.436. The van der Waals surface area contributed by atoms with Gasteiger partial charge in [0, 0.05) is 33.9 Å². The molecule has 278 valence electrons. The van der Waals surface area contributed by atoms with Gasteiger partial charge < -0.3 is 19.0 Å². The van der Waals surface area contributed by atoms with Gasteiger partial charge >= 0.3 is 0 Å². The Bertz CT molecular complexity index is 3120. The molecule has 0 atom stereocenters. The van der Waals surface area contributed by atoms with Gasteiger partial charge in [0.1, 0.15) is 22.7 Å². The summed E-state index contributed by atoms with van der Waals surface area (Å²) in [5, 5.41) is 2.09. The molecule has 2 aliphatic rings. The van der Waals surface area contributed by atoms with Gasteiger partial charge in [0.2, 0.25) is 0 Å². The van der Waals surface area contributed by atoms with E-state index < -0.39 is 5.41 Å². The topological polar surface area (TPSA) is 28.9 Å². The zero-order valence-corrected chi connectivity index (χ0v) is 32.0. The molecule has 0 saturated carbocycles. The molecule has 1 aromatic heterocycles. The van der Waals surface area contributed by atoms with Crippen LogP contribution >= 0.6 is 0 Å². The predicted octanol–water partition coefficient (Wildman–Crippen LogP) is 15.0. The van der Waals surface area contributed by atoms with Crippen molar-refractivity contribution < 1.29 is 9.15 Å². The summed E-state index contributed by atoms with van der Waals surface area (Å²) >= 11 is 0. The number of benzene rings is 9. The number of hydrogen-bond donors (Lipinski definition) is 0. The largest absolute Gasteiger partial charge is 0.457 e. The molecule has 4 heteroatoms. The summed E-state index contributed by atoms with van der Waals surface area (Å²) in [4.78, 5) is 4.72. The first-order valence-corrected chi connectivity index (χ1v) is 20.1. The van der Waals surface area contributed by atoms with E-state index in [-0.39, 0.29) is 0 Å². The highest BCUT2D eigenvalue weighted by Gasteiger charge is 2.51. The molecule has 0 saturated heterocycles. The van der Waals surface area contributed by atoms with Crippen LogP contribution in [-0.4, -0.2) is 0 Å². The SMILES string of the molecule is c1ccc(N(c2ccccc2)c2cccc3oc4cccc(N(c5ccccc5)c5ccc6c(c5)-c5ccccc5C65c6ccccc6Oc6ccccc65)c4c23)cc1. The molecule has 0 unspecified atom stereocenters. The molecule has 0 N–H and O–H groups in total. The van der Waals surface area contributed by atoms with Crippen LogP contribution in [0.5, 0.6) is 11.5 Å². The maximum Gasteiger partial charge on any atom is 0.137 e. The Balaban J connectivity index is 1.12. The molecule has 0 radical (unpaired) electrons. The van der Waals surface area contributed by atoms with Crippen molar-refractivity contribution in [2.45, 2.75) is 5.41 Å². The van der Waals surface area contributed by atoms with Crippen LogP contribution in [0.25, 0.3) is 33.1 Å². The molecule has 59 heavy (non-hydrogen) atoms. The second kappa shape index (κ2) is 13.1. The normalized spacial score (nSPS) is 13.0. The molecule has 9 aromatic carbocycles. The molecule has 2 heterocycles. The third-order valence-electron chi connectivity index (χ3n) is 12.1. The first kappa shape index (κ1) is 33.3. The van der Waals surface area contributed by atoms with Gasteiger partial charge in [-0.05, 0) is 107 Å². The molecule has 0 bridgehead atoms. The van der Waals surface area contributed by atoms with Gasteiger partial charge in [0.25, 0.3) is 0 Å². The van der Waals surface area contributed by atoms with Crippen molar-refractivity contribution in [1.29, 1.82) is 0 Å². The van der Waals surface area contributed by atoms with E-state index in [1.807, 2.05) is 0 Å². The van der Waals surface area contributed by atoms with Crippen molar-refractivity contribution in [1.82, 2.24) is 0 Å². The lowest BCUT2D eigenvalue weighted by Crippen LogP contribution is -2.32. The van der Waals surface area contributed by atoms with Crippen LogP contribution in [0, 0.1) is 0 Å². The maximum atomic E-state index is 6.77. The minimum absolute atomic E-state index is 0.540. The highest BCUT2D eigenvalue weighted by atomic mass is 16.5. The number of furan rings is 1. The Kier molecular flexibility index (Phi) is 7.41. The molecular weight excluding hydrogens is 721 g/mol. The fourth-order valence-corrected chi connectivity index (χ4v) is 9.77. The van der Waals surface area contributed by atoms with E-state index in [4.69, 9.17) is 9.15 Å². The molecule has 10 aromatic rings. The first-order valence-electron chi connectivity index (χ1n) is 20.1. The molecule has 12 rings (SSSR count). The monoisotopic (exact) mass is 756 g/mol. The number of para-hydroxylation sites is 5. The van der Waals surface area contributed by atoms with Gasteiger partial charge in [0.05, 0.1) is 27.6 Å². The van der Waals surface area contributed by atoms with Gasteiger partial charge in [-0.3, -0.25) is 0 Å². The van der Waals surface area contributed by atoms with Crippen molar-refractivity contribution in [3.63, 3.8) is 0 Å². The third kappa shape index (κ3) is 4.90. The molecule has 1 aliphatic carbocycles. The van der Waals surface area contributed by atoms with Gasteiger partial charge in [0.15, 0.2) is 0 Å². The van der Waals surface area contributed by atoms with E-state index >= 15 is 0 Å². The van der Waals surface area contributed by atoms with Crippen LogP contribution in [-0.2, 0) is 5.41 Å². The number of ether oxygens (including phenoxy) is 1. The second-order valence-corrected chi connectivity index (χ2v) is 15.2. The smallest absolute Gasteiger partial charge is 0.137 e. The molecule has 0 amide bonds. The van der Waals surface area contributed by atoms with E-state index in [0.29, 0.717) is 0 Å². The Morgan fingerprint density at radius 3 is 1.31 bits per heavy atom. The number of hydrogen-bond acceptors (Lipinski definition) is 4. The minimum atomic E-state index is -0.540. The van der Waals surface area contributed by atoms with Crippen LogP contribution in [0.1, 0.15) is 22.3 Å². The fourth-order valence-electron chi connectivity index (χ4n) is 9.77. The summed E-state index contributed by atoms with van der Waals surface area (Å²) in [6.45, 7) is 0. The zero-order valence-electron chi connectivity index (χ0n) is 32.0.